The topological polar surface area (TPSA) is 61.8 Å². The second-order valence-corrected chi connectivity index (χ2v) is 4.50. The van der Waals surface area contributed by atoms with E-state index in [1.54, 1.807) is 13.0 Å². The first-order chi connectivity index (χ1) is 8.18. The van der Waals surface area contributed by atoms with Gasteiger partial charge in [-0.15, -0.1) is 5.10 Å². The van der Waals surface area contributed by atoms with Gasteiger partial charge in [0, 0.05) is 5.92 Å². The van der Waals surface area contributed by atoms with Crippen molar-refractivity contribution in [2.75, 3.05) is 0 Å². The average Bonchev–Trinajstić information content (AvgIpc) is 2.76. The predicted molar refractivity (Wildman–Crippen MR) is 65.5 cm³/mol. The van der Waals surface area contributed by atoms with Crippen molar-refractivity contribution in [3.8, 4) is 0 Å². The molecule has 1 aliphatic carbocycles. The van der Waals surface area contributed by atoms with Crippen LogP contribution in [-0.4, -0.2) is 26.1 Å². The van der Waals surface area contributed by atoms with E-state index in [1.165, 1.54) is 0 Å². The molecule has 0 saturated heterocycles. The van der Waals surface area contributed by atoms with Crippen molar-refractivity contribution in [3.63, 3.8) is 0 Å². The molecule has 2 atom stereocenters. The van der Waals surface area contributed by atoms with Gasteiger partial charge in [-0.1, -0.05) is 41.7 Å². The van der Waals surface area contributed by atoms with Gasteiger partial charge < -0.3 is 5.11 Å². The zero-order valence-corrected chi connectivity index (χ0v) is 9.46. The van der Waals surface area contributed by atoms with Crippen molar-refractivity contribution in [2.24, 2.45) is 0 Å². The summed E-state index contributed by atoms with van der Waals surface area (Å²) in [5.74, 6) is -0.0960. The molecule has 0 saturated carbocycles. The second kappa shape index (κ2) is 3.53. The van der Waals surface area contributed by atoms with Crippen molar-refractivity contribution in [1.82, 2.24) is 15.4 Å². The molecule has 2 N–H and O–H groups in total. The number of H-pyrrole nitrogens is 1. The fourth-order valence-electron chi connectivity index (χ4n) is 2.29. The number of benzene rings is 1. The van der Waals surface area contributed by atoms with E-state index in [1.807, 2.05) is 36.4 Å². The van der Waals surface area contributed by atoms with Crippen LogP contribution in [-0.2, 0) is 0 Å². The van der Waals surface area contributed by atoms with Crippen LogP contribution in [0.3, 0.4) is 0 Å². The van der Waals surface area contributed by atoms with E-state index in [-0.39, 0.29) is 5.92 Å². The molecule has 1 aromatic carbocycles. The van der Waals surface area contributed by atoms with Crippen molar-refractivity contribution in [3.05, 3.63) is 48.1 Å². The zero-order valence-electron chi connectivity index (χ0n) is 9.46. The molecule has 0 amide bonds. The van der Waals surface area contributed by atoms with Gasteiger partial charge in [0.1, 0.15) is 5.52 Å². The van der Waals surface area contributed by atoms with Crippen LogP contribution in [0.15, 0.2) is 42.5 Å². The Hall–Kier alpha value is -1.94. The molecular formula is C13H13N3O. The summed E-state index contributed by atoms with van der Waals surface area (Å²) >= 11 is 0. The van der Waals surface area contributed by atoms with Crippen molar-refractivity contribution in [1.29, 1.82) is 0 Å². The maximum atomic E-state index is 10.4. The van der Waals surface area contributed by atoms with Crippen molar-refractivity contribution in [2.45, 2.75) is 18.4 Å². The Labute approximate surface area is 98.7 Å². The third-order valence-electron chi connectivity index (χ3n) is 3.20. The maximum Gasteiger partial charge on any atom is 0.116 e. The lowest BCUT2D eigenvalue weighted by Gasteiger charge is -2.30. The molecule has 4 nitrogen and oxygen atoms in total. The first kappa shape index (κ1) is 10.2. The minimum absolute atomic E-state index is 0.0960. The van der Waals surface area contributed by atoms with E-state index in [9.17, 15) is 5.11 Å². The Kier molecular flexibility index (Phi) is 2.12. The summed E-state index contributed by atoms with van der Waals surface area (Å²) in [6.07, 6.45) is 7.60. The number of allylic oxidation sites excluding steroid dienone is 2. The first-order valence-corrected chi connectivity index (χ1v) is 5.56. The molecule has 0 radical (unpaired) electrons. The number of aromatic amines is 1. The molecule has 1 aromatic heterocycles. The predicted octanol–water partition coefficient (Wildman–Crippen LogP) is 1.92. The average molecular weight is 227 g/mol. The summed E-state index contributed by atoms with van der Waals surface area (Å²) in [7, 11) is 0. The summed E-state index contributed by atoms with van der Waals surface area (Å²) in [4.78, 5) is 0. The lowest BCUT2D eigenvalue weighted by atomic mass is 9.80. The molecule has 1 aliphatic rings. The number of fused-ring (bicyclic) bond motifs is 1. The molecule has 1 heterocycles. The van der Waals surface area contributed by atoms with Crippen LogP contribution in [0.25, 0.3) is 11.0 Å². The molecule has 0 bridgehead atoms. The third kappa shape index (κ3) is 1.57. The van der Waals surface area contributed by atoms with Gasteiger partial charge in [0.05, 0.1) is 11.1 Å². The summed E-state index contributed by atoms with van der Waals surface area (Å²) < 4.78 is 0. The number of nitrogens with zero attached hydrogens (tertiary/aromatic N) is 2. The highest BCUT2D eigenvalue weighted by molar-refractivity contribution is 5.78. The van der Waals surface area contributed by atoms with Gasteiger partial charge in [-0.05, 0) is 18.6 Å². The highest BCUT2D eigenvalue weighted by atomic mass is 16.3. The lowest BCUT2D eigenvalue weighted by Crippen LogP contribution is -2.30. The second-order valence-electron chi connectivity index (χ2n) is 4.50. The van der Waals surface area contributed by atoms with Crippen molar-refractivity contribution >= 4 is 11.0 Å². The molecule has 2 aromatic rings. The van der Waals surface area contributed by atoms with Gasteiger partial charge >= 0.3 is 0 Å². The summed E-state index contributed by atoms with van der Waals surface area (Å²) in [6.45, 7) is 1.80. The Morgan fingerprint density at radius 3 is 3.06 bits per heavy atom. The van der Waals surface area contributed by atoms with Crippen LogP contribution < -0.4 is 0 Å². The lowest BCUT2D eigenvalue weighted by molar-refractivity contribution is 0.0949. The number of hydrogen-bond acceptors (Lipinski definition) is 3. The monoisotopic (exact) mass is 227 g/mol. The molecule has 4 heteroatoms. The van der Waals surface area contributed by atoms with Gasteiger partial charge in [-0.3, -0.25) is 5.10 Å². The van der Waals surface area contributed by atoms with Crippen molar-refractivity contribution < 1.29 is 5.11 Å². The van der Waals surface area contributed by atoms with Gasteiger partial charge in [0.15, 0.2) is 0 Å². The van der Waals surface area contributed by atoms with Crippen LogP contribution in [0, 0.1) is 0 Å². The number of rotatable bonds is 1. The smallest absolute Gasteiger partial charge is 0.116 e. The highest BCUT2D eigenvalue weighted by Crippen LogP contribution is 2.35. The number of nitrogens with one attached hydrogen (secondary N) is 1. The fourth-order valence-corrected chi connectivity index (χ4v) is 2.29. The molecule has 0 aliphatic heterocycles. The quantitative estimate of drug-likeness (QED) is 0.782. The summed E-state index contributed by atoms with van der Waals surface area (Å²) in [6, 6.07) is 5.85. The zero-order chi connectivity index (χ0) is 11.9. The standard InChI is InChI=1S/C13H13N3O/c1-13(17)8-3-2-6-10(13)9-5-4-7-11-12(9)15-16-14-11/h2-8,10,17H,1H3,(H,14,15,16). The Bertz CT molecular complexity index is 610. The Balaban J connectivity index is 2.18. The van der Waals surface area contributed by atoms with E-state index >= 15 is 0 Å². The number of aromatic nitrogens is 3. The van der Waals surface area contributed by atoms with Gasteiger partial charge in [-0.25, -0.2) is 0 Å². The van der Waals surface area contributed by atoms with E-state index in [4.69, 9.17) is 0 Å². The van der Waals surface area contributed by atoms with E-state index in [2.05, 4.69) is 15.4 Å². The molecule has 17 heavy (non-hydrogen) atoms. The molecule has 0 fully saturated rings. The van der Waals surface area contributed by atoms with Crippen LogP contribution in [0.4, 0.5) is 0 Å². The highest BCUT2D eigenvalue weighted by Gasteiger charge is 2.31. The Morgan fingerprint density at radius 1 is 1.35 bits per heavy atom. The molecular weight excluding hydrogens is 214 g/mol. The molecule has 2 unspecified atom stereocenters. The SMILES string of the molecule is CC1(O)C=CC=CC1c1cccc2[nH]nnc12. The third-order valence-corrected chi connectivity index (χ3v) is 3.20. The summed E-state index contributed by atoms with van der Waals surface area (Å²) in [5.41, 5.74) is 1.81. The van der Waals surface area contributed by atoms with E-state index < -0.39 is 5.60 Å². The van der Waals surface area contributed by atoms with Crippen LogP contribution in [0.5, 0.6) is 0 Å². The van der Waals surface area contributed by atoms with E-state index in [0.717, 1.165) is 16.6 Å². The summed E-state index contributed by atoms with van der Waals surface area (Å²) in [5, 5.41) is 21.1. The van der Waals surface area contributed by atoms with Crippen LogP contribution in [0.2, 0.25) is 0 Å². The largest absolute Gasteiger partial charge is 0.385 e. The van der Waals surface area contributed by atoms with Gasteiger partial charge in [-0.2, -0.15) is 0 Å². The van der Waals surface area contributed by atoms with Crippen LogP contribution in [0.1, 0.15) is 18.4 Å². The van der Waals surface area contributed by atoms with Gasteiger partial charge in [0.25, 0.3) is 0 Å². The number of hydrogen-bond donors (Lipinski definition) is 2. The van der Waals surface area contributed by atoms with Crippen LogP contribution >= 0.6 is 0 Å². The maximum absolute atomic E-state index is 10.4. The molecule has 3 rings (SSSR count). The van der Waals surface area contributed by atoms with Gasteiger partial charge in [0.2, 0.25) is 0 Å². The minimum Gasteiger partial charge on any atom is -0.385 e. The van der Waals surface area contributed by atoms with E-state index in [0.29, 0.717) is 0 Å². The first-order valence-electron chi connectivity index (χ1n) is 5.56. The normalized spacial score (nSPS) is 27.8. The fraction of sp³-hybridized carbons (Fsp3) is 0.231. The molecule has 86 valence electrons. The molecule has 0 spiro atoms. The minimum atomic E-state index is -0.887. The Morgan fingerprint density at radius 2 is 2.24 bits per heavy atom. The number of aliphatic hydroxyl groups is 1.